The Hall–Kier alpha value is -0.800. The maximum Gasteiger partial charge on any atom is 0.0642 e. The third-order valence-electron chi connectivity index (χ3n) is 3.86. The van der Waals surface area contributed by atoms with E-state index in [1.807, 2.05) is 0 Å². The van der Waals surface area contributed by atoms with Crippen LogP contribution in [0, 0.1) is 0 Å². The molecule has 0 unspecified atom stereocenters. The van der Waals surface area contributed by atoms with Gasteiger partial charge in [-0.25, -0.2) is 0 Å². The minimum atomic E-state index is 0.784. The van der Waals surface area contributed by atoms with Gasteiger partial charge in [-0.2, -0.15) is 0 Å². The van der Waals surface area contributed by atoms with Gasteiger partial charge < -0.3 is 9.30 Å². The van der Waals surface area contributed by atoms with Gasteiger partial charge >= 0.3 is 0 Å². The van der Waals surface area contributed by atoms with Crippen molar-refractivity contribution in [2.45, 2.75) is 32.2 Å². The quantitative estimate of drug-likeness (QED) is 0.838. The van der Waals surface area contributed by atoms with E-state index in [1.165, 1.54) is 46.8 Å². The van der Waals surface area contributed by atoms with Crippen molar-refractivity contribution in [3.8, 4) is 0 Å². The van der Waals surface area contributed by atoms with Gasteiger partial charge in [-0.05, 0) is 49.4 Å². The first-order valence-corrected chi connectivity index (χ1v) is 7.39. The maximum atomic E-state index is 5.25. The molecule has 2 nitrogen and oxygen atoms in total. The summed E-state index contributed by atoms with van der Waals surface area (Å²) in [5.74, 6) is 0. The van der Waals surface area contributed by atoms with E-state index in [4.69, 9.17) is 4.74 Å². The zero-order valence-corrected chi connectivity index (χ0v) is 12.3. The number of methoxy groups -OCH3 is 1. The van der Waals surface area contributed by atoms with Gasteiger partial charge in [0, 0.05) is 34.7 Å². The highest BCUT2D eigenvalue weighted by atomic mass is 79.9. The smallest absolute Gasteiger partial charge is 0.0642 e. The van der Waals surface area contributed by atoms with E-state index in [9.17, 15) is 0 Å². The van der Waals surface area contributed by atoms with Crippen LogP contribution < -0.4 is 0 Å². The SMILES string of the molecule is COCCn1c2c(c3cc(Br)ccc31)CCCC2. The van der Waals surface area contributed by atoms with Crippen LogP contribution in [0.5, 0.6) is 0 Å². The zero-order valence-electron chi connectivity index (χ0n) is 10.7. The summed E-state index contributed by atoms with van der Waals surface area (Å²) in [5.41, 5.74) is 4.46. The van der Waals surface area contributed by atoms with Gasteiger partial charge in [0.05, 0.1) is 6.61 Å². The molecular formula is C15H18BrNO. The van der Waals surface area contributed by atoms with E-state index in [-0.39, 0.29) is 0 Å². The molecule has 1 aliphatic rings. The first kappa shape index (κ1) is 12.2. The standard InChI is InChI=1S/C15H18BrNO/c1-18-9-8-17-14-5-3-2-4-12(14)13-10-11(16)6-7-15(13)17/h6-7,10H,2-5,8-9H2,1H3. The molecule has 0 N–H and O–H groups in total. The van der Waals surface area contributed by atoms with Crippen molar-refractivity contribution in [3.05, 3.63) is 33.9 Å². The summed E-state index contributed by atoms with van der Waals surface area (Å²) in [5, 5.41) is 1.43. The highest BCUT2D eigenvalue weighted by molar-refractivity contribution is 9.10. The summed E-state index contributed by atoms with van der Waals surface area (Å²) in [4.78, 5) is 0. The molecule has 2 aromatic rings. The summed E-state index contributed by atoms with van der Waals surface area (Å²) in [7, 11) is 1.77. The number of benzene rings is 1. The van der Waals surface area contributed by atoms with E-state index in [0.717, 1.165) is 13.2 Å². The summed E-state index contributed by atoms with van der Waals surface area (Å²) in [6.45, 7) is 1.75. The van der Waals surface area contributed by atoms with E-state index in [1.54, 1.807) is 12.7 Å². The molecule has 96 valence electrons. The number of hydrogen-bond donors (Lipinski definition) is 0. The van der Waals surface area contributed by atoms with Gasteiger partial charge in [-0.15, -0.1) is 0 Å². The molecule has 0 spiro atoms. The fraction of sp³-hybridized carbons (Fsp3) is 0.467. The Bertz CT molecular complexity index is 573. The van der Waals surface area contributed by atoms with Gasteiger partial charge in [0.25, 0.3) is 0 Å². The van der Waals surface area contributed by atoms with Gasteiger partial charge in [0.1, 0.15) is 0 Å². The summed E-state index contributed by atoms with van der Waals surface area (Å²) in [6, 6.07) is 6.63. The lowest BCUT2D eigenvalue weighted by atomic mass is 9.96. The number of halogens is 1. The van der Waals surface area contributed by atoms with Crippen LogP contribution in [0.1, 0.15) is 24.1 Å². The molecule has 0 saturated heterocycles. The average molecular weight is 308 g/mol. The number of aromatic nitrogens is 1. The minimum absolute atomic E-state index is 0.784. The third-order valence-corrected chi connectivity index (χ3v) is 4.35. The second-order valence-corrected chi connectivity index (χ2v) is 5.85. The zero-order chi connectivity index (χ0) is 12.5. The molecule has 1 heterocycles. The van der Waals surface area contributed by atoms with Crippen LogP contribution >= 0.6 is 15.9 Å². The predicted octanol–water partition coefficient (Wildman–Crippen LogP) is 3.93. The molecule has 0 fully saturated rings. The van der Waals surface area contributed by atoms with E-state index in [0.29, 0.717) is 0 Å². The molecule has 1 aromatic heterocycles. The molecular weight excluding hydrogens is 290 g/mol. The molecule has 0 bridgehead atoms. The third kappa shape index (κ3) is 1.99. The van der Waals surface area contributed by atoms with Crippen LogP contribution in [0.15, 0.2) is 22.7 Å². The number of fused-ring (bicyclic) bond motifs is 3. The summed E-state index contributed by atoms with van der Waals surface area (Å²) < 4.78 is 8.88. The fourth-order valence-corrected chi connectivity index (χ4v) is 3.41. The van der Waals surface area contributed by atoms with Crippen molar-refractivity contribution in [1.82, 2.24) is 4.57 Å². The maximum absolute atomic E-state index is 5.25. The van der Waals surface area contributed by atoms with Crippen molar-refractivity contribution >= 4 is 26.8 Å². The number of hydrogen-bond acceptors (Lipinski definition) is 1. The van der Waals surface area contributed by atoms with Crippen LogP contribution in [-0.2, 0) is 24.1 Å². The fourth-order valence-electron chi connectivity index (χ4n) is 3.05. The van der Waals surface area contributed by atoms with Crippen LogP contribution in [0.4, 0.5) is 0 Å². The topological polar surface area (TPSA) is 14.2 Å². The second-order valence-electron chi connectivity index (χ2n) is 4.94. The van der Waals surface area contributed by atoms with Crippen LogP contribution in [0.3, 0.4) is 0 Å². The molecule has 0 saturated carbocycles. The average Bonchev–Trinajstić information content (AvgIpc) is 2.70. The Morgan fingerprint density at radius 1 is 1.28 bits per heavy atom. The normalized spacial score (nSPS) is 15.0. The number of rotatable bonds is 3. The highest BCUT2D eigenvalue weighted by Crippen LogP contribution is 2.33. The van der Waals surface area contributed by atoms with Gasteiger partial charge in [0.2, 0.25) is 0 Å². The minimum Gasteiger partial charge on any atom is -0.383 e. The molecule has 1 aliphatic carbocycles. The Morgan fingerprint density at radius 2 is 2.11 bits per heavy atom. The summed E-state index contributed by atoms with van der Waals surface area (Å²) >= 11 is 3.59. The number of aryl methyl sites for hydroxylation is 1. The number of ether oxygens (including phenoxy) is 1. The molecule has 3 heteroatoms. The Labute approximate surface area is 116 Å². The molecule has 18 heavy (non-hydrogen) atoms. The second kappa shape index (κ2) is 5.06. The first-order valence-electron chi connectivity index (χ1n) is 6.59. The van der Waals surface area contributed by atoms with Crippen molar-refractivity contribution in [2.75, 3.05) is 13.7 Å². The first-order chi connectivity index (χ1) is 8.81. The molecule has 0 amide bonds. The largest absolute Gasteiger partial charge is 0.383 e. The van der Waals surface area contributed by atoms with Crippen molar-refractivity contribution in [2.24, 2.45) is 0 Å². The van der Waals surface area contributed by atoms with E-state index in [2.05, 4.69) is 38.7 Å². The van der Waals surface area contributed by atoms with Crippen molar-refractivity contribution < 1.29 is 4.74 Å². The molecule has 3 rings (SSSR count). The Morgan fingerprint density at radius 3 is 2.94 bits per heavy atom. The lowest BCUT2D eigenvalue weighted by Crippen LogP contribution is -2.11. The van der Waals surface area contributed by atoms with E-state index >= 15 is 0 Å². The van der Waals surface area contributed by atoms with Gasteiger partial charge in [0.15, 0.2) is 0 Å². The lowest BCUT2D eigenvalue weighted by molar-refractivity contribution is 0.187. The molecule has 0 radical (unpaired) electrons. The summed E-state index contributed by atoms with van der Waals surface area (Å²) in [6.07, 6.45) is 5.08. The highest BCUT2D eigenvalue weighted by Gasteiger charge is 2.19. The van der Waals surface area contributed by atoms with E-state index < -0.39 is 0 Å². The monoisotopic (exact) mass is 307 g/mol. The number of nitrogens with zero attached hydrogens (tertiary/aromatic N) is 1. The van der Waals surface area contributed by atoms with Gasteiger partial charge in [-0.1, -0.05) is 15.9 Å². The molecule has 1 aromatic carbocycles. The van der Waals surface area contributed by atoms with Crippen LogP contribution in [0.2, 0.25) is 0 Å². The molecule has 0 aliphatic heterocycles. The molecule has 0 atom stereocenters. The van der Waals surface area contributed by atoms with Gasteiger partial charge in [-0.3, -0.25) is 0 Å². The van der Waals surface area contributed by atoms with Crippen LogP contribution in [0.25, 0.3) is 10.9 Å². The Kier molecular flexibility index (Phi) is 3.44. The van der Waals surface area contributed by atoms with Crippen molar-refractivity contribution in [3.63, 3.8) is 0 Å². The van der Waals surface area contributed by atoms with Crippen LogP contribution in [-0.4, -0.2) is 18.3 Å². The predicted molar refractivity (Wildman–Crippen MR) is 78.2 cm³/mol. The van der Waals surface area contributed by atoms with Crippen molar-refractivity contribution in [1.29, 1.82) is 0 Å². The Balaban J connectivity index is 2.19. The lowest BCUT2D eigenvalue weighted by Gasteiger charge is -2.15.